The molecule has 1 aromatic rings. The van der Waals surface area contributed by atoms with Crippen LogP contribution < -0.4 is 4.90 Å². The molecule has 0 radical (unpaired) electrons. The van der Waals surface area contributed by atoms with Crippen LogP contribution in [0.1, 0.15) is 65.2 Å². The molecule has 7 heteroatoms. The van der Waals surface area contributed by atoms with E-state index in [9.17, 15) is 9.90 Å². The molecule has 0 bridgehead atoms. The normalized spacial score (nSPS) is 39.4. The smallest absolute Gasteiger partial charge is 0.155 e. The number of hydrogen-bond acceptors (Lipinski definition) is 5. The zero-order valence-electron chi connectivity index (χ0n) is 22.5. The van der Waals surface area contributed by atoms with Crippen LogP contribution in [-0.4, -0.2) is 59.6 Å². The Hall–Kier alpha value is -1.14. The molecule has 4 aliphatic carbocycles. The quantitative estimate of drug-likeness (QED) is 0.533. The van der Waals surface area contributed by atoms with Gasteiger partial charge >= 0.3 is 0 Å². The van der Waals surface area contributed by atoms with Crippen molar-refractivity contribution in [2.75, 3.05) is 37.6 Å². The van der Waals surface area contributed by atoms with Gasteiger partial charge < -0.3 is 10.0 Å². The number of aliphatic hydroxyl groups excluding tert-OH is 1. The number of carbonyl (C=O) groups excluding carboxylic acids is 1. The number of nitrogens with zero attached hydrogens (tertiary/aromatic N) is 3. The zero-order chi connectivity index (χ0) is 24.2. The Morgan fingerprint density at radius 1 is 1.05 bits per heavy atom. The largest absolute Gasteiger partial charge is 0.393 e. The third kappa shape index (κ3) is 4.99. The molecular weight excluding hydrogens is 505 g/mol. The van der Waals surface area contributed by atoms with Gasteiger partial charge in [-0.3, -0.25) is 9.69 Å². The molecule has 1 aliphatic heterocycles. The summed E-state index contributed by atoms with van der Waals surface area (Å²) < 4.78 is 0. The number of anilines is 1. The van der Waals surface area contributed by atoms with Crippen LogP contribution in [0.5, 0.6) is 0 Å². The third-order valence-electron chi connectivity index (χ3n) is 11.2. The van der Waals surface area contributed by atoms with Gasteiger partial charge in [-0.2, -0.15) is 0 Å². The minimum Gasteiger partial charge on any atom is -0.393 e. The molecule has 5 nitrogen and oxygen atoms in total. The number of halogens is 2. The summed E-state index contributed by atoms with van der Waals surface area (Å²) in [7, 11) is 0. The summed E-state index contributed by atoms with van der Waals surface area (Å²) >= 11 is 0. The number of aromatic nitrogens is 1. The Labute approximate surface area is 235 Å². The van der Waals surface area contributed by atoms with Crippen molar-refractivity contribution in [3.05, 3.63) is 36.0 Å². The second kappa shape index (κ2) is 11.2. The Balaban J connectivity index is 0.00000160. The van der Waals surface area contributed by atoms with Gasteiger partial charge in [-0.05, 0) is 104 Å². The number of aliphatic hydroxyl groups is 1. The van der Waals surface area contributed by atoms with Crippen molar-refractivity contribution in [3.63, 3.8) is 0 Å². The topological polar surface area (TPSA) is 56.7 Å². The number of ketones is 1. The van der Waals surface area contributed by atoms with Crippen LogP contribution in [0.3, 0.4) is 0 Å². The fourth-order valence-corrected chi connectivity index (χ4v) is 9.34. The van der Waals surface area contributed by atoms with E-state index < -0.39 is 0 Å². The van der Waals surface area contributed by atoms with E-state index in [1.807, 2.05) is 18.3 Å². The van der Waals surface area contributed by atoms with Crippen molar-refractivity contribution < 1.29 is 9.90 Å². The number of rotatable bonds is 4. The number of hydrogen-bond donors (Lipinski definition) is 1. The predicted molar refractivity (Wildman–Crippen MR) is 154 cm³/mol. The lowest BCUT2D eigenvalue weighted by Gasteiger charge is -2.60. The minimum absolute atomic E-state index is 0. The number of piperazine rings is 1. The van der Waals surface area contributed by atoms with Gasteiger partial charge in [0.15, 0.2) is 5.78 Å². The number of pyridine rings is 1. The fourth-order valence-electron chi connectivity index (χ4n) is 9.34. The van der Waals surface area contributed by atoms with E-state index in [0.29, 0.717) is 24.0 Å². The van der Waals surface area contributed by atoms with E-state index in [1.165, 1.54) is 37.8 Å². The summed E-state index contributed by atoms with van der Waals surface area (Å²) in [6.07, 6.45) is 12.3. The molecule has 6 rings (SSSR count). The lowest BCUT2D eigenvalue weighted by atomic mass is 9.46. The molecule has 2 heterocycles. The first-order valence-electron chi connectivity index (χ1n) is 14.2. The van der Waals surface area contributed by atoms with Gasteiger partial charge in [-0.15, -0.1) is 24.8 Å². The Bertz CT molecular complexity index is 982. The van der Waals surface area contributed by atoms with E-state index >= 15 is 0 Å². The summed E-state index contributed by atoms with van der Waals surface area (Å²) in [6.45, 7) is 10.4. The number of carbonyl (C=O) groups is 1. The van der Waals surface area contributed by atoms with Gasteiger partial charge in [0.05, 0.1) is 6.10 Å². The Morgan fingerprint density at radius 2 is 1.84 bits per heavy atom. The first kappa shape index (κ1) is 28.9. The average molecular weight is 551 g/mol. The highest BCUT2D eigenvalue weighted by atomic mass is 35.5. The first-order chi connectivity index (χ1) is 16.9. The lowest BCUT2D eigenvalue weighted by Crippen LogP contribution is -2.56. The molecule has 206 valence electrons. The van der Waals surface area contributed by atoms with Crippen molar-refractivity contribution in [1.29, 1.82) is 0 Å². The molecule has 0 aromatic carbocycles. The van der Waals surface area contributed by atoms with Crippen molar-refractivity contribution in [3.8, 4) is 0 Å². The van der Waals surface area contributed by atoms with Crippen LogP contribution in [0.2, 0.25) is 0 Å². The van der Waals surface area contributed by atoms with Crippen LogP contribution in [0, 0.1) is 34.5 Å². The molecule has 0 spiro atoms. The van der Waals surface area contributed by atoms with Crippen molar-refractivity contribution in [2.24, 2.45) is 34.5 Å². The first-order valence-corrected chi connectivity index (χ1v) is 14.2. The van der Waals surface area contributed by atoms with Crippen LogP contribution in [0.25, 0.3) is 0 Å². The standard InChI is InChI=1S/C30H43N3O2.2ClH/c1-29-12-10-23(34)19-22(29)6-8-24-25-9-7-21(30(25,2)20-26(35)28(24)29)11-14-32-15-17-33(18-16-32)27-5-3-4-13-31-27;;/h3-5,13,19,21,24-26,28,35H,6-12,14-18,20H2,1-2H3;2*1H/t21-,24+,25+,26+,28-,29+,30-;;/m1../s1. The van der Waals surface area contributed by atoms with Gasteiger partial charge in [0.1, 0.15) is 5.82 Å². The monoisotopic (exact) mass is 549 g/mol. The Kier molecular flexibility index (Phi) is 8.70. The van der Waals surface area contributed by atoms with E-state index in [-0.39, 0.29) is 41.7 Å². The molecule has 4 fully saturated rings. The van der Waals surface area contributed by atoms with Gasteiger partial charge in [-0.25, -0.2) is 4.98 Å². The van der Waals surface area contributed by atoms with E-state index in [2.05, 4.69) is 40.8 Å². The van der Waals surface area contributed by atoms with Crippen molar-refractivity contribution in [1.82, 2.24) is 9.88 Å². The Morgan fingerprint density at radius 3 is 2.57 bits per heavy atom. The van der Waals surface area contributed by atoms with Crippen LogP contribution in [0.15, 0.2) is 36.0 Å². The van der Waals surface area contributed by atoms with Crippen LogP contribution >= 0.6 is 24.8 Å². The SMILES string of the molecule is C[C@]12C[C@H](O)[C@H]3[C@@H](CCC4=CC(=O)CC[C@@]43C)[C@@H]1CC[C@@H]2CCN1CCN(c2ccccn2)CC1.Cl.Cl. The summed E-state index contributed by atoms with van der Waals surface area (Å²) in [5.74, 6) is 3.81. The molecule has 1 saturated heterocycles. The lowest BCUT2D eigenvalue weighted by molar-refractivity contribution is -0.134. The summed E-state index contributed by atoms with van der Waals surface area (Å²) in [5, 5.41) is 11.6. The highest BCUT2D eigenvalue weighted by Gasteiger charge is 2.61. The van der Waals surface area contributed by atoms with Crippen LogP contribution in [0.4, 0.5) is 5.82 Å². The summed E-state index contributed by atoms with van der Waals surface area (Å²) in [5.41, 5.74) is 1.64. The van der Waals surface area contributed by atoms with Gasteiger partial charge in [0.25, 0.3) is 0 Å². The van der Waals surface area contributed by atoms with Gasteiger partial charge in [0, 0.05) is 38.8 Å². The highest BCUT2D eigenvalue weighted by molar-refractivity contribution is 5.91. The fraction of sp³-hybridized carbons (Fsp3) is 0.733. The molecular formula is C30H45Cl2N3O2. The molecule has 0 unspecified atom stereocenters. The average Bonchev–Trinajstić information content (AvgIpc) is 3.19. The third-order valence-corrected chi connectivity index (χ3v) is 11.2. The minimum atomic E-state index is -0.231. The molecule has 5 aliphatic rings. The molecule has 1 N–H and O–H groups in total. The van der Waals surface area contributed by atoms with E-state index in [4.69, 9.17) is 0 Å². The maximum absolute atomic E-state index is 12.1. The van der Waals surface area contributed by atoms with Gasteiger partial charge in [-0.1, -0.05) is 25.5 Å². The second-order valence-corrected chi connectivity index (χ2v) is 12.7. The maximum atomic E-state index is 12.1. The molecule has 0 amide bonds. The number of fused-ring (bicyclic) bond motifs is 5. The molecule has 7 atom stereocenters. The van der Waals surface area contributed by atoms with Gasteiger partial charge in [0.2, 0.25) is 0 Å². The molecule has 37 heavy (non-hydrogen) atoms. The van der Waals surface area contributed by atoms with Crippen molar-refractivity contribution in [2.45, 2.75) is 71.3 Å². The number of allylic oxidation sites excluding steroid dienone is 1. The van der Waals surface area contributed by atoms with Crippen LogP contribution in [-0.2, 0) is 4.79 Å². The highest BCUT2D eigenvalue weighted by Crippen LogP contribution is 2.67. The zero-order valence-corrected chi connectivity index (χ0v) is 24.1. The maximum Gasteiger partial charge on any atom is 0.155 e. The van der Waals surface area contributed by atoms with Crippen molar-refractivity contribution >= 4 is 36.4 Å². The molecule has 3 saturated carbocycles. The molecule has 1 aromatic heterocycles. The predicted octanol–water partition coefficient (Wildman–Crippen LogP) is 5.56. The summed E-state index contributed by atoms with van der Waals surface area (Å²) in [4.78, 5) is 21.7. The van der Waals surface area contributed by atoms with E-state index in [0.717, 1.165) is 63.1 Å². The second-order valence-electron chi connectivity index (χ2n) is 12.7. The summed E-state index contributed by atoms with van der Waals surface area (Å²) in [6, 6.07) is 6.18. The van der Waals surface area contributed by atoms with E-state index in [1.54, 1.807) is 0 Å².